The molecule has 1 saturated heterocycles. The van der Waals surface area contributed by atoms with Gasteiger partial charge in [-0.15, -0.1) is 0 Å². The summed E-state index contributed by atoms with van der Waals surface area (Å²) < 4.78 is 5.18. The molecule has 0 radical (unpaired) electrons. The number of anilines is 1. The van der Waals surface area contributed by atoms with Crippen LogP contribution in [0.15, 0.2) is 30.5 Å². The maximum absolute atomic E-state index is 12.5. The van der Waals surface area contributed by atoms with E-state index in [1.54, 1.807) is 7.11 Å². The van der Waals surface area contributed by atoms with Gasteiger partial charge in [0.2, 0.25) is 11.9 Å². The van der Waals surface area contributed by atoms with E-state index in [9.17, 15) is 4.79 Å². The molecule has 1 aromatic carbocycles. The van der Waals surface area contributed by atoms with Gasteiger partial charge in [-0.05, 0) is 62.6 Å². The maximum atomic E-state index is 12.5. The van der Waals surface area contributed by atoms with E-state index in [2.05, 4.69) is 15.2 Å². The van der Waals surface area contributed by atoms with Gasteiger partial charge in [-0.2, -0.15) is 0 Å². The highest BCUT2D eigenvalue weighted by molar-refractivity contribution is 5.76. The van der Waals surface area contributed by atoms with Gasteiger partial charge >= 0.3 is 0 Å². The summed E-state index contributed by atoms with van der Waals surface area (Å²) in [7, 11) is 1.66. The molecule has 0 bridgehead atoms. The summed E-state index contributed by atoms with van der Waals surface area (Å²) in [5.41, 5.74) is 3.33. The van der Waals surface area contributed by atoms with Gasteiger partial charge in [0.05, 0.1) is 18.8 Å². The minimum absolute atomic E-state index is 0.0255. The molecule has 1 atom stereocenters. The van der Waals surface area contributed by atoms with Crippen LogP contribution in [-0.4, -0.2) is 36.1 Å². The van der Waals surface area contributed by atoms with Crippen molar-refractivity contribution in [2.24, 2.45) is 0 Å². The number of benzene rings is 1. The van der Waals surface area contributed by atoms with Crippen LogP contribution >= 0.6 is 0 Å². The Morgan fingerprint density at radius 3 is 2.72 bits per heavy atom. The van der Waals surface area contributed by atoms with Crippen molar-refractivity contribution < 1.29 is 9.53 Å². The number of aromatic nitrogens is 2. The Labute approximate surface area is 172 Å². The Kier molecular flexibility index (Phi) is 6.27. The Bertz CT molecular complexity index is 831. The van der Waals surface area contributed by atoms with Gasteiger partial charge in [-0.3, -0.25) is 4.79 Å². The summed E-state index contributed by atoms with van der Waals surface area (Å²) in [6, 6.07) is 7.91. The fourth-order valence-corrected chi connectivity index (χ4v) is 4.25. The van der Waals surface area contributed by atoms with Gasteiger partial charge in [0.25, 0.3) is 0 Å². The average Bonchev–Trinajstić information content (AvgIpc) is 2.78. The van der Waals surface area contributed by atoms with Gasteiger partial charge in [0.15, 0.2) is 0 Å². The molecule has 29 heavy (non-hydrogen) atoms. The fraction of sp³-hybridized carbons (Fsp3) is 0.522. The van der Waals surface area contributed by atoms with E-state index < -0.39 is 0 Å². The van der Waals surface area contributed by atoms with E-state index in [1.165, 1.54) is 19.3 Å². The Morgan fingerprint density at radius 2 is 1.97 bits per heavy atom. The number of rotatable bonds is 6. The highest BCUT2D eigenvalue weighted by atomic mass is 16.5. The van der Waals surface area contributed by atoms with Crippen LogP contribution in [0.1, 0.15) is 61.4 Å². The van der Waals surface area contributed by atoms with E-state index in [0.717, 1.165) is 67.3 Å². The van der Waals surface area contributed by atoms with Crippen molar-refractivity contribution in [1.29, 1.82) is 0 Å². The number of hydrogen-bond donors (Lipinski definition) is 1. The number of amides is 1. The number of aryl methyl sites for hydroxylation is 2. The minimum Gasteiger partial charge on any atom is -0.497 e. The topological polar surface area (TPSA) is 67.3 Å². The van der Waals surface area contributed by atoms with Gasteiger partial charge in [0.1, 0.15) is 5.75 Å². The highest BCUT2D eigenvalue weighted by Crippen LogP contribution is 2.30. The summed E-state index contributed by atoms with van der Waals surface area (Å²) in [4.78, 5) is 24.3. The predicted octanol–water partition coefficient (Wildman–Crippen LogP) is 3.60. The van der Waals surface area contributed by atoms with Crippen molar-refractivity contribution in [2.45, 2.75) is 57.4 Å². The number of methoxy groups -OCH3 is 1. The molecule has 6 nitrogen and oxygen atoms in total. The Morgan fingerprint density at radius 1 is 1.17 bits per heavy atom. The summed E-state index contributed by atoms with van der Waals surface area (Å²) in [6.07, 6.45) is 9.84. The lowest BCUT2D eigenvalue weighted by Gasteiger charge is -2.29. The first-order valence-corrected chi connectivity index (χ1v) is 10.8. The van der Waals surface area contributed by atoms with Crippen LogP contribution in [-0.2, 0) is 17.6 Å². The van der Waals surface area contributed by atoms with E-state index in [0.29, 0.717) is 6.42 Å². The van der Waals surface area contributed by atoms with Crippen molar-refractivity contribution in [2.75, 3.05) is 25.1 Å². The number of hydrogen-bond acceptors (Lipinski definition) is 5. The van der Waals surface area contributed by atoms with Crippen molar-refractivity contribution >= 4 is 11.9 Å². The standard InChI is InChI=1S/C23H30N4O2/c1-29-18-11-8-17(9-12-18)10-13-22(28)25-20-6-5-7-21-19(20)16-24-23(26-21)27-14-3-2-4-15-27/h8-9,11-12,16,20H,2-7,10,13-15H2,1H3,(H,25,28)/t20-/m1/s1. The first-order valence-electron chi connectivity index (χ1n) is 10.8. The van der Waals surface area contributed by atoms with Crippen molar-refractivity contribution in [1.82, 2.24) is 15.3 Å². The number of ether oxygens (including phenoxy) is 1. The number of piperidine rings is 1. The zero-order chi connectivity index (χ0) is 20.1. The molecule has 2 aliphatic rings. The van der Waals surface area contributed by atoms with Gasteiger partial charge < -0.3 is 15.0 Å². The molecule has 1 aliphatic carbocycles. The van der Waals surface area contributed by atoms with Crippen LogP contribution in [0.3, 0.4) is 0 Å². The molecule has 4 rings (SSSR count). The zero-order valence-electron chi connectivity index (χ0n) is 17.2. The Hall–Kier alpha value is -2.63. The largest absolute Gasteiger partial charge is 0.497 e. The monoisotopic (exact) mass is 394 g/mol. The predicted molar refractivity (Wildman–Crippen MR) is 113 cm³/mol. The number of fused-ring (bicyclic) bond motifs is 1. The van der Waals surface area contributed by atoms with Gasteiger partial charge in [-0.1, -0.05) is 12.1 Å². The van der Waals surface area contributed by atoms with E-state index in [-0.39, 0.29) is 11.9 Å². The fourth-order valence-electron chi connectivity index (χ4n) is 4.25. The molecule has 0 spiro atoms. The second kappa shape index (κ2) is 9.25. The number of nitrogens with one attached hydrogen (secondary N) is 1. The van der Waals surface area contributed by atoms with Crippen LogP contribution in [0.4, 0.5) is 5.95 Å². The second-order valence-corrected chi connectivity index (χ2v) is 7.98. The van der Waals surface area contributed by atoms with Crippen LogP contribution < -0.4 is 15.0 Å². The molecule has 1 aromatic heterocycles. The van der Waals surface area contributed by atoms with Crippen molar-refractivity contribution in [3.63, 3.8) is 0 Å². The molecule has 6 heteroatoms. The zero-order valence-corrected chi connectivity index (χ0v) is 17.2. The third kappa shape index (κ3) is 4.86. The molecule has 1 N–H and O–H groups in total. The molecule has 1 aliphatic heterocycles. The quantitative estimate of drug-likeness (QED) is 0.811. The van der Waals surface area contributed by atoms with Crippen LogP contribution in [0, 0.1) is 0 Å². The SMILES string of the molecule is COc1ccc(CCC(=O)N[C@@H]2CCCc3nc(N4CCCCC4)ncc32)cc1. The van der Waals surface area contributed by atoms with Gasteiger partial charge in [0, 0.05) is 31.3 Å². The summed E-state index contributed by atoms with van der Waals surface area (Å²) in [5.74, 6) is 1.77. The number of carbonyl (C=O) groups is 1. The highest BCUT2D eigenvalue weighted by Gasteiger charge is 2.25. The lowest BCUT2D eigenvalue weighted by atomic mass is 9.92. The Balaban J connectivity index is 1.36. The van der Waals surface area contributed by atoms with Crippen LogP contribution in [0.25, 0.3) is 0 Å². The minimum atomic E-state index is 0.0255. The number of carbonyl (C=O) groups excluding carboxylic acids is 1. The van der Waals surface area contributed by atoms with E-state index >= 15 is 0 Å². The van der Waals surface area contributed by atoms with Crippen molar-refractivity contribution in [3.05, 3.63) is 47.3 Å². The summed E-state index contributed by atoms with van der Waals surface area (Å²) in [5, 5.41) is 3.21. The van der Waals surface area contributed by atoms with Crippen LogP contribution in [0.2, 0.25) is 0 Å². The smallest absolute Gasteiger partial charge is 0.225 e. The molecule has 154 valence electrons. The second-order valence-electron chi connectivity index (χ2n) is 7.98. The lowest BCUT2D eigenvalue weighted by molar-refractivity contribution is -0.121. The molecule has 1 fully saturated rings. The summed E-state index contributed by atoms with van der Waals surface area (Å²) >= 11 is 0. The average molecular weight is 395 g/mol. The third-order valence-electron chi connectivity index (χ3n) is 5.94. The van der Waals surface area contributed by atoms with E-state index in [4.69, 9.17) is 9.72 Å². The molecule has 2 heterocycles. The molecule has 2 aromatic rings. The first kappa shape index (κ1) is 19.7. The summed E-state index contributed by atoms with van der Waals surface area (Å²) in [6.45, 7) is 2.09. The molecular formula is C23H30N4O2. The van der Waals surface area contributed by atoms with E-state index in [1.807, 2.05) is 30.5 Å². The molecule has 0 saturated carbocycles. The lowest BCUT2D eigenvalue weighted by Crippen LogP contribution is -2.34. The molecule has 0 unspecified atom stereocenters. The first-order chi connectivity index (χ1) is 14.2. The molecular weight excluding hydrogens is 364 g/mol. The molecule has 1 amide bonds. The maximum Gasteiger partial charge on any atom is 0.225 e. The van der Waals surface area contributed by atoms with Crippen LogP contribution in [0.5, 0.6) is 5.75 Å². The third-order valence-corrected chi connectivity index (χ3v) is 5.94. The van der Waals surface area contributed by atoms with Crippen molar-refractivity contribution in [3.8, 4) is 5.75 Å². The normalized spacial score (nSPS) is 18.8. The number of nitrogens with zero attached hydrogens (tertiary/aromatic N) is 3. The van der Waals surface area contributed by atoms with Gasteiger partial charge in [-0.25, -0.2) is 9.97 Å².